The maximum absolute atomic E-state index is 13.4. The number of pyridine rings is 1. The van der Waals surface area contributed by atoms with Crippen LogP contribution >= 0.6 is 11.6 Å². The second-order valence-corrected chi connectivity index (χ2v) is 15.7. The minimum Gasteiger partial charge on any atom is -0.371 e. The van der Waals surface area contributed by atoms with Crippen molar-refractivity contribution in [3.8, 4) is 0 Å². The molecule has 2 N–H and O–H groups in total. The van der Waals surface area contributed by atoms with E-state index in [1.165, 1.54) is 0 Å². The summed E-state index contributed by atoms with van der Waals surface area (Å²) in [5, 5.41) is 6.96. The highest BCUT2D eigenvalue weighted by Crippen LogP contribution is 2.37. The lowest BCUT2D eigenvalue weighted by Gasteiger charge is -2.50. The minimum atomic E-state index is -0.979. The number of benzene rings is 2. The van der Waals surface area contributed by atoms with E-state index in [0.29, 0.717) is 40.4 Å². The van der Waals surface area contributed by atoms with Crippen LogP contribution in [-0.2, 0) is 16.1 Å². The number of amides is 4. The molecule has 286 valence electrons. The fraction of sp³-hybridized carbons (Fsp3) is 0.425. The van der Waals surface area contributed by atoms with Crippen LogP contribution in [0.5, 0.6) is 0 Å². The van der Waals surface area contributed by atoms with Crippen molar-refractivity contribution in [3.63, 3.8) is 0 Å². The third-order valence-corrected chi connectivity index (χ3v) is 12.2. The van der Waals surface area contributed by atoms with Crippen molar-refractivity contribution in [1.82, 2.24) is 29.7 Å². The Hall–Kier alpha value is -5.34. The molecule has 0 radical (unpaired) electrons. The van der Waals surface area contributed by atoms with E-state index in [4.69, 9.17) is 16.6 Å². The third-order valence-electron chi connectivity index (χ3n) is 12.0. The van der Waals surface area contributed by atoms with Crippen LogP contribution < -0.4 is 26.0 Å². The molecule has 4 aliphatic heterocycles. The third kappa shape index (κ3) is 6.71. The smallest absolute Gasteiger partial charge is 0.262 e. The van der Waals surface area contributed by atoms with Gasteiger partial charge in [-0.2, -0.15) is 4.98 Å². The van der Waals surface area contributed by atoms with Crippen LogP contribution in [0.1, 0.15) is 67.2 Å². The molecule has 8 rings (SSSR count). The number of anilines is 4. The van der Waals surface area contributed by atoms with Gasteiger partial charge in [0.1, 0.15) is 11.1 Å². The van der Waals surface area contributed by atoms with Gasteiger partial charge >= 0.3 is 0 Å². The number of aryl methyl sites for hydroxylation is 1. The van der Waals surface area contributed by atoms with Crippen LogP contribution in [0, 0.1) is 5.92 Å². The lowest BCUT2D eigenvalue weighted by Crippen LogP contribution is -2.59. The molecule has 4 aliphatic rings. The number of imide groups is 2. The van der Waals surface area contributed by atoms with E-state index >= 15 is 0 Å². The molecule has 0 bridgehead atoms. The number of hydrogen-bond donors (Lipinski definition) is 2. The fourth-order valence-corrected chi connectivity index (χ4v) is 8.82. The first-order chi connectivity index (χ1) is 26.4. The van der Waals surface area contributed by atoms with E-state index < -0.39 is 29.7 Å². The van der Waals surface area contributed by atoms with Crippen LogP contribution in [0.4, 0.5) is 23.1 Å². The Bertz CT molecular complexity index is 2280. The van der Waals surface area contributed by atoms with Crippen LogP contribution in [-0.4, -0.2) is 98.8 Å². The number of halogens is 1. The Labute approximate surface area is 323 Å². The average molecular weight is 766 g/mol. The van der Waals surface area contributed by atoms with Gasteiger partial charge in [0.15, 0.2) is 5.82 Å². The summed E-state index contributed by atoms with van der Waals surface area (Å²) in [6.45, 7) is 12.1. The molecule has 55 heavy (non-hydrogen) atoms. The monoisotopic (exact) mass is 765 g/mol. The molecule has 0 spiro atoms. The standard InChI is InChI=1S/C40H44ClN9O5/c1-4-49-31-9-6-26(21-24(31)5-12-34(49)52)43-35-30(41)23-42-39(45-35)47-17-19-48(20-18-47)40(2,3)25-13-15-46(16-14-25)27-7-8-28-29(22-27)38(55)50(37(28)54)32-10-11-33(51)44-36(32)53/h5-9,12,21-23,25,32H,4,10-11,13-20H2,1-3H3,(H,42,43,45)(H,44,51,53). The van der Waals surface area contributed by atoms with Crippen LogP contribution in [0.15, 0.2) is 59.5 Å². The molecule has 14 nitrogen and oxygen atoms in total. The number of carbonyl (C=O) groups excluding carboxylic acids is 4. The molecule has 2 aromatic heterocycles. The number of piperidine rings is 2. The van der Waals surface area contributed by atoms with Gasteiger partial charge < -0.3 is 19.7 Å². The summed E-state index contributed by atoms with van der Waals surface area (Å²) >= 11 is 6.55. The van der Waals surface area contributed by atoms with E-state index in [1.54, 1.807) is 29.0 Å². The summed E-state index contributed by atoms with van der Waals surface area (Å²) < 4.78 is 1.74. The fourth-order valence-electron chi connectivity index (χ4n) is 8.68. The summed E-state index contributed by atoms with van der Waals surface area (Å²) in [6.07, 6.45) is 3.80. The molecule has 2 aromatic carbocycles. The number of carbonyl (C=O) groups is 4. The number of nitrogens with zero attached hydrogens (tertiary/aromatic N) is 7. The van der Waals surface area contributed by atoms with E-state index in [2.05, 4.69) is 44.2 Å². The number of aromatic nitrogens is 3. The number of rotatable bonds is 8. The van der Waals surface area contributed by atoms with Gasteiger partial charge in [0, 0.05) is 80.6 Å². The van der Waals surface area contributed by atoms with Crippen LogP contribution in [0.25, 0.3) is 10.9 Å². The zero-order valence-corrected chi connectivity index (χ0v) is 31.9. The topological polar surface area (TPSA) is 153 Å². The summed E-state index contributed by atoms with van der Waals surface area (Å²) in [6, 6.07) is 13.6. The lowest BCUT2D eigenvalue weighted by atomic mass is 9.78. The molecule has 1 unspecified atom stereocenters. The van der Waals surface area contributed by atoms with Gasteiger partial charge in [-0.3, -0.25) is 39.1 Å². The molecular weight excluding hydrogens is 722 g/mol. The Morgan fingerprint density at radius 3 is 2.33 bits per heavy atom. The van der Waals surface area contributed by atoms with Crippen molar-refractivity contribution in [2.24, 2.45) is 5.92 Å². The van der Waals surface area contributed by atoms with Gasteiger partial charge in [0.05, 0.1) is 22.8 Å². The normalized spacial score (nSPS) is 20.0. The summed E-state index contributed by atoms with van der Waals surface area (Å²) in [4.78, 5) is 80.4. The lowest BCUT2D eigenvalue weighted by molar-refractivity contribution is -0.136. The van der Waals surface area contributed by atoms with Crippen molar-refractivity contribution in [2.45, 2.75) is 64.6 Å². The van der Waals surface area contributed by atoms with E-state index in [0.717, 1.165) is 79.3 Å². The highest BCUT2D eigenvalue weighted by molar-refractivity contribution is 6.33. The molecule has 0 saturated carbocycles. The molecule has 1 atom stereocenters. The van der Waals surface area contributed by atoms with Gasteiger partial charge in [0.25, 0.3) is 17.4 Å². The van der Waals surface area contributed by atoms with Crippen molar-refractivity contribution < 1.29 is 19.2 Å². The van der Waals surface area contributed by atoms with Gasteiger partial charge in [-0.05, 0) is 88.4 Å². The number of fused-ring (bicyclic) bond motifs is 2. The quantitative estimate of drug-likeness (QED) is 0.245. The van der Waals surface area contributed by atoms with Gasteiger partial charge in [-0.15, -0.1) is 0 Å². The second-order valence-electron chi connectivity index (χ2n) is 15.2. The van der Waals surface area contributed by atoms with E-state index in [9.17, 15) is 24.0 Å². The number of nitrogens with one attached hydrogen (secondary N) is 2. The first-order valence-corrected chi connectivity index (χ1v) is 19.3. The van der Waals surface area contributed by atoms with Crippen molar-refractivity contribution in [1.29, 1.82) is 0 Å². The van der Waals surface area contributed by atoms with Crippen LogP contribution in [0.2, 0.25) is 5.02 Å². The molecule has 4 aromatic rings. The summed E-state index contributed by atoms with van der Waals surface area (Å²) in [5.41, 5.74) is 3.09. The molecule has 4 amide bonds. The molecule has 3 fully saturated rings. The molecule has 3 saturated heterocycles. The van der Waals surface area contributed by atoms with Crippen LogP contribution in [0.3, 0.4) is 0 Å². The Balaban J connectivity index is 0.876. The maximum Gasteiger partial charge on any atom is 0.262 e. The van der Waals surface area contributed by atoms with Crippen molar-refractivity contribution in [3.05, 3.63) is 81.2 Å². The first-order valence-electron chi connectivity index (χ1n) is 19.0. The Morgan fingerprint density at radius 1 is 0.855 bits per heavy atom. The zero-order valence-electron chi connectivity index (χ0n) is 31.2. The highest BCUT2D eigenvalue weighted by Gasteiger charge is 2.45. The Kier molecular flexibility index (Phi) is 9.58. The highest BCUT2D eigenvalue weighted by atomic mass is 35.5. The summed E-state index contributed by atoms with van der Waals surface area (Å²) in [7, 11) is 0. The predicted molar refractivity (Wildman–Crippen MR) is 210 cm³/mol. The SMILES string of the molecule is CCn1c(=O)ccc2cc(Nc3nc(N4CCN(C(C)(C)C5CCN(c6ccc7c(c6)C(=O)N(C6CCC(=O)NC6=O)C7=O)CC5)CC4)ncc3Cl)ccc21. The van der Waals surface area contributed by atoms with Gasteiger partial charge in [-0.1, -0.05) is 11.6 Å². The largest absolute Gasteiger partial charge is 0.371 e. The number of hydrogen-bond acceptors (Lipinski definition) is 11. The van der Waals surface area contributed by atoms with Crippen molar-refractivity contribution >= 4 is 69.3 Å². The predicted octanol–water partition coefficient (Wildman–Crippen LogP) is 4.43. The average Bonchev–Trinajstić information content (AvgIpc) is 3.43. The zero-order chi connectivity index (χ0) is 38.6. The Morgan fingerprint density at radius 2 is 1.60 bits per heavy atom. The molecule has 0 aliphatic carbocycles. The van der Waals surface area contributed by atoms with E-state index in [1.807, 2.05) is 37.3 Å². The van der Waals surface area contributed by atoms with Gasteiger partial charge in [0.2, 0.25) is 17.8 Å². The molecule has 15 heteroatoms. The maximum atomic E-state index is 13.4. The van der Waals surface area contributed by atoms with E-state index in [-0.39, 0.29) is 23.9 Å². The second kappa shape index (κ2) is 14.4. The molecular formula is C40H44ClN9O5. The molecule has 6 heterocycles. The van der Waals surface area contributed by atoms with Crippen molar-refractivity contribution in [2.75, 3.05) is 54.4 Å². The first kappa shape index (κ1) is 36.6. The van der Waals surface area contributed by atoms with Gasteiger partial charge in [-0.25, -0.2) is 4.98 Å². The number of piperazine rings is 1. The summed E-state index contributed by atoms with van der Waals surface area (Å²) in [5.74, 6) is -0.389. The minimum absolute atomic E-state index is 0.0252.